The number of likely N-dealkylation sites (tertiary alicyclic amines) is 1. The van der Waals surface area contributed by atoms with Gasteiger partial charge in [0, 0.05) is 30.4 Å². The molecule has 2 aliphatic rings. The highest BCUT2D eigenvalue weighted by Crippen LogP contribution is 2.55. The Morgan fingerprint density at radius 2 is 1.90 bits per heavy atom. The van der Waals surface area contributed by atoms with Crippen LogP contribution < -0.4 is 11.5 Å². The molecule has 2 aromatic heterocycles. The Kier molecular flexibility index (Phi) is 6.77. The molecule has 3 aromatic rings. The number of carbonyl (C=O) groups excluding carboxylic acids is 2. The average Bonchev–Trinajstić information content (AvgIpc) is 3.54. The van der Waals surface area contributed by atoms with Crippen LogP contribution in [0.15, 0.2) is 30.6 Å². The molecule has 0 bridgehead atoms. The van der Waals surface area contributed by atoms with Crippen LogP contribution in [-0.2, 0) is 17.5 Å². The van der Waals surface area contributed by atoms with Crippen molar-refractivity contribution >= 4 is 17.8 Å². The van der Waals surface area contributed by atoms with Gasteiger partial charge in [-0.25, -0.2) is 13.9 Å². The zero-order chi connectivity index (χ0) is 29.9. The summed E-state index contributed by atoms with van der Waals surface area (Å²) in [4.78, 5) is 26.6. The van der Waals surface area contributed by atoms with Crippen LogP contribution in [0.3, 0.4) is 0 Å². The van der Waals surface area contributed by atoms with E-state index in [9.17, 15) is 27.2 Å². The summed E-state index contributed by atoms with van der Waals surface area (Å²) < 4.78 is 62.2. The minimum Gasteiger partial charge on any atom is -0.444 e. The lowest BCUT2D eigenvalue weighted by molar-refractivity contribution is -0.140. The molecular formula is C27H31F4N7O3. The fraction of sp³-hybridized carbons (Fsp3) is 0.481. The molecule has 14 heteroatoms. The van der Waals surface area contributed by atoms with Gasteiger partial charge in [0.2, 0.25) is 0 Å². The third-order valence-electron chi connectivity index (χ3n) is 7.59. The van der Waals surface area contributed by atoms with E-state index in [-0.39, 0.29) is 46.7 Å². The maximum absolute atomic E-state index is 14.5. The van der Waals surface area contributed by atoms with Gasteiger partial charge >= 0.3 is 12.3 Å². The second kappa shape index (κ2) is 9.77. The van der Waals surface area contributed by atoms with Gasteiger partial charge < -0.3 is 21.1 Å². The first-order valence-corrected chi connectivity index (χ1v) is 13.1. The Bertz CT molecular complexity index is 1500. The van der Waals surface area contributed by atoms with Gasteiger partial charge in [0.05, 0.1) is 24.3 Å². The zero-order valence-electron chi connectivity index (χ0n) is 22.8. The van der Waals surface area contributed by atoms with Crippen molar-refractivity contribution < 1.29 is 31.9 Å². The number of hydrogen-bond acceptors (Lipinski definition) is 6. The van der Waals surface area contributed by atoms with Gasteiger partial charge in [0.1, 0.15) is 28.5 Å². The van der Waals surface area contributed by atoms with Crippen molar-refractivity contribution in [2.24, 2.45) is 11.1 Å². The Labute approximate surface area is 233 Å². The smallest absolute Gasteiger partial charge is 0.419 e. The SMILES string of the molecule is CC(C)(C)OC(=O)N1CCC2(CC(n3nc(-c4cnn(Cc5cccc(C(F)(F)F)c5F)c4)c(C(N)=O)c3N)C2)C1. The summed E-state index contributed by atoms with van der Waals surface area (Å²) in [6.07, 6.45) is -0.204. The molecule has 2 amide bonds. The molecule has 41 heavy (non-hydrogen) atoms. The normalized spacial score (nSPS) is 20.9. The molecular weight excluding hydrogens is 546 g/mol. The van der Waals surface area contributed by atoms with Crippen LogP contribution >= 0.6 is 0 Å². The number of nitrogen functional groups attached to an aromatic ring is 1. The van der Waals surface area contributed by atoms with Crippen LogP contribution in [-0.4, -0.2) is 55.2 Å². The highest BCUT2D eigenvalue weighted by atomic mass is 19.4. The maximum Gasteiger partial charge on any atom is 0.419 e. The van der Waals surface area contributed by atoms with Crippen molar-refractivity contribution in [3.63, 3.8) is 0 Å². The summed E-state index contributed by atoms with van der Waals surface area (Å²) in [5, 5.41) is 8.70. The molecule has 2 fully saturated rings. The minimum absolute atomic E-state index is 0.00227. The highest BCUT2D eigenvalue weighted by Gasteiger charge is 2.51. The summed E-state index contributed by atoms with van der Waals surface area (Å²) in [6, 6.07) is 2.91. The van der Waals surface area contributed by atoms with Crippen LogP contribution in [0.2, 0.25) is 0 Å². The first kappa shape index (κ1) is 28.4. The second-order valence-corrected chi connectivity index (χ2v) is 11.8. The number of carbonyl (C=O) groups is 2. The van der Waals surface area contributed by atoms with E-state index in [0.717, 1.165) is 12.5 Å². The number of hydrogen-bond donors (Lipinski definition) is 2. The fourth-order valence-electron chi connectivity index (χ4n) is 5.70. The Hall–Kier alpha value is -4.10. The second-order valence-electron chi connectivity index (χ2n) is 11.8. The lowest BCUT2D eigenvalue weighted by atomic mass is 9.65. The summed E-state index contributed by atoms with van der Waals surface area (Å²) in [7, 11) is 0. The van der Waals surface area contributed by atoms with Gasteiger partial charge in [-0.05, 0) is 51.5 Å². The monoisotopic (exact) mass is 577 g/mol. The summed E-state index contributed by atoms with van der Waals surface area (Å²) >= 11 is 0. The van der Waals surface area contributed by atoms with Gasteiger partial charge in [-0.15, -0.1) is 0 Å². The van der Waals surface area contributed by atoms with E-state index < -0.39 is 29.1 Å². The van der Waals surface area contributed by atoms with Gasteiger partial charge in [-0.2, -0.15) is 23.4 Å². The van der Waals surface area contributed by atoms with Gasteiger partial charge in [0.15, 0.2) is 0 Å². The molecule has 1 saturated heterocycles. The predicted molar refractivity (Wildman–Crippen MR) is 140 cm³/mol. The predicted octanol–water partition coefficient (Wildman–Crippen LogP) is 4.60. The molecule has 3 heterocycles. The molecule has 4 N–H and O–H groups in total. The largest absolute Gasteiger partial charge is 0.444 e. The van der Waals surface area contributed by atoms with Gasteiger partial charge in [-0.3, -0.25) is 9.48 Å². The molecule has 0 radical (unpaired) electrons. The van der Waals surface area contributed by atoms with Crippen molar-refractivity contribution in [3.05, 3.63) is 53.1 Å². The van der Waals surface area contributed by atoms with E-state index in [0.29, 0.717) is 37.6 Å². The molecule has 0 unspecified atom stereocenters. The molecule has 1 aliphatic heterocycles. The topological polar surface area (TPSA) is 134 Å². The average molecular weight is 578 g/mol. The summed E-state index contributed by atoms with van der Waals surface area (Å²) in [5.41, 5.74) is 10.2. The first-order valence-electron chi connectivity index (χ1n) is 13.1. The molecule has 1 spiro atoms. The lowest BCUT2D eigenvalue weighted by Crippen LogP contribution is -2.43. The molecule has 5 rings (SSSR count). The van der Waals surface area contributed by atoms with Gasteiger partial charge in [0.25, 0.3) is 5.91 Å². The zero-order valence-corrected chi connectivity index (χ0v) is 22.8. The number of amides is 2. The number of alkyl halides is 3. The number of nitrogens with zero attached hydrogens (tertiary/aromatic N) is 5. The lowest BCUT2D eigenvalue weighted by Gasteiger charge is -2.45. The van der Waals surface area contributed by atoms with Gasteiger partial charge in [-0.1, -0.05) is 12.1 Å². The Morgan fingerprint density at radius 1 is 1.20 bits per heavy atom. The van der Waals surface area contributed by atoms with Crippen LogP contribution in [0, 0.1) is 11.2 Å². The number of anilines is 1. The summed E-state index contributed by atoms with van der Waals surface area (Å²) in [6.45, 7) is 6.30. The highest BCUT2D eigenvalue weighted by molar-refractivity contribution is 6.03. The van der Waals surface area contributed by atoms with Crippen molar-refractivity contribution in [2.45, 2.75) is 64.4 Å². The number of aromatic nitrogens is 4. The quantitative estimate of drug-likeness (QED) is 0.426. The molecule has 1 aliphatic carbocycles. The Morgan fingerprint density at radius 3 is 2.54 bits per heavy atom. The molecule has 0 atom stereocenters. The first-order chi connectivity index (χ1) is 19.1. The van der Waals surface area contributed by atoms with E-state index >= 15 is 0 Å². The molecule has 220 valence electrons. The number of rotatable bonds is 5. The number of ether oxygens (including phenoxy) is 1. The fourth-order valence-corrected chi connectivity index (χ4v) is 5.70. The van der Waals surface area contributed by atoms with E-state index in [1.165, 1.54) is 23.1 Å². The van der Waals surface area contributed by atoms with Crippen molar-refractivity contribution in [1.82, 2.24) is 24.5 Å². The van der Waals surface area contributed by atoms with Crippen molar-refractivity contribution in [1.29, 1.82) is 0 Å². The van der Waals surface area contributed by atoms with Crippen molar-refractivity contribution in [3.8, 4) is 11.3 Å². The minimum atomic E-state index is -4.83. The van der Waals surface area contributed by atoms with Crippen LogP contribution in [0.4, 0.5) is 28.2 Å². The van der Waals surface area contributed by atoms with E-state index in [2.05, 4.69) is 10.2 Å². The van der Waals surface area contributed by atoms with E-state index in [4.69, 9.17) is 16.2 Å². The maximum atomic E-state index is 14.5. The molecule has 1 saturated carbocycles. The molecule has 10 nitrogen and oxygen atoms in total. The third kappa shape index (κ3) is 5.46. The number of benzene rings is 1. The number of halogens is 4. The van der Waals surface area contributed by atoms with E-state index in [1.54, 1.807) is 9.58 Å². The molecule has 1 aromatic carbocycles. The van der Waals surface area contributed by atoms with Crippen LogP contribution in [0.5, 0.6) is 0 Å². The third-order valence-corrected chi connectivity index (χ3v) is 7.59. The van der Waals surface area contributed by atoms with Crippen molar-refractivity contribution in [2.75, 3.05) is 18.8 Å². The van der Waals surface area contributed by atoms with E-state index in [1.807, 2.05) is 20.8 Å². The van der Waals surface area contributed by atoms with Crippen LogP contribution in [0.25, 0.3) is 11.3 Å². The number of primary amides is 1. The van der Waals surface area contributed by atoms with Crippen LogP contribution in [0.1, 0.15) is 67.6 Å². The Balaban J connectivity index is 1.34. The standard InChI is InChI=1S/C27H31F4N7O3/c1-25(2,3)41-24(40)36-8-7-26(14-36)9-17(10-26)38-22(32)19(23(33)39)21(35-38)16-11-34-37(13-16)12-15-5-4-6-18(20(15)28)27(29,30)31/h4-6,11,13,17H,7-10,12,14,32H2,1-3H3,(H2,33,39). The number of nitrogens with two attached hydrogens (primary N) is 2. The summed E-state index contributed by atoms with van der Waals surface area (Å²) in [5.74, 6) is -2.09.